The lowest BCUT2D eigenvalue weighted by molar-refractivity contribution is 0.188. The Labute approximate surface area is 143 Å². The minimum absolute atomic E-state index is 0.112. The number of nitrogens with zero attached hydrogens (tertiary/aromatic N) is 2. The van der Waals surface area contributed by atoms with E-state index >= 15 is 0 Å². The zero-order valence-electron chi connectivity index (χ0n) is 12.1. The van der Waals surface area contributed by atoms with Gasteiger partial charge in [-0.25, -0.2) is 9.80 Å². The minimum Gasteiger partial charge on any atom is -0.350 e. The van der Waals surface area contributed by atoms with Crippen LogP contribution in [0.4, 0.5) is 4.79 Å². The summed E-state index contributed by atoms with van der Waals surface area (Å²) in [5.41, 5.74) is 8.52. The summed E-state index contributed by atoms with van der Waals surface area (Å²) in [5, 5.41) is 6.63. The zero-order valence-corrected chi connectivity index (χ0v) is 13.7. The van der Waals surface area contributed by atoms with Crippen LogP contribution in [-0.2, 0) is 0 Å². The number of primary amides is 1. The summed E-state index contributed by atoms with van der Waals surface area (Å²) in [7, 11) is 0. The van der Waals surface area contributed by atoms with Crippen molar-refractivity contribution in [3.63, 3.8) is 0 Å². The van der Waals surface area contributed by atoms with Gasteiger partial charge in [-0.05, 0) is 23.8 Å². The molecule has 2 amide bonds. The van der Waals surface area contributed by atoms with Crippen LogP contribution in [0.3, 0.4) is 0 Å². The molecule has 116 valence electrons. The lowest BCUT2D eigenvalue weighted by atomic mass is 9.88. The van der Waals surface area contributed by atoms with Gasteiger partial charge in [0.1, 0.15) is 0 Å². The quantitative estimate of drug-likeness (QED) is 0.853. The first-order valence-corrected chi connectivity index (χ1v) is 8.66. The SMILES string of the molecule is NC(=O)N1N=C2c3cc(Cl)ccc3SCC2C1c1ccccc1. The number of halogens is 1. The number of benzene rings is 2. The molecule has 0 spiro atoms. The minimum atomic E-state index is -0.533. The van der Waals surface area contributed by atoms with Crippen molar-refractivity contribution in [3.05, 3.63) is 64.7 Å². The molecule has 2 unspecified atom stereocenters. The van der Waals surface area contributed by atoms with Crippen LogP contribution < -0.4 is 5.73 Å². The van der Waals surface area contributed by atoms with Crippen molar-refractivity contribution in [2.75, 3.05) is 5.75 Å². The Bertz CT molecular complexity index is 809. The van der Waals surface area contributed by atoms with Gasteiger partial charge >= 0.3 is 6.03 Å². The number of nitrogens with two attached hydrogens (primary N) is 1. The molecule has 0 aliphatic carbocycles. The standard InChI is InChI=1S/C17H14ClN3OS/c18-11-6-7-14-12(8-11)15-13(9-23-14)16(21(20-15)17(19)22)10-4-2-1-3-5-10/h1-8,13,16H,9H2,(H2,19,22). The highest BCUT2D eigenvalue weighted by molar-refractivity contribution is 7.99. The average Bonchev–Trinajstić information content (AvgIpc) is 2.96. The second kappa shape index (κ2) is 5.58. The van der Waals surface area contributed by atoms with Crippen molar-refractivity contribution in [2.45, 2.75) is 10.9 Å². The fourth-order valence-corrected chi connectivity index (χ4v) is 4.57. The van der Waals surface area contributed by atoms with Crippen LogP contribution in [-0.4, -0.2) is 22.5 Å². The van der Waals surface area contributed by atoms with Gasteiger partial charge in [-0.3, -0.25) is 0 Å². The van der Waals surface area contributed by atoms with E-state index in [-0.39, 0.29) is 12.0 Å². The van der Waals surface area contributed by atoms with Gasteiger partial charge < -0.3 is 5.73 Å². The molecule has 2 heterocycles. The van der Waals surface area contributed by atoms with E-state index in [1.54, 1.807) is 11.8 Å². The smallest absolute Gasteiger partial charge is 0.335 e. The van der Waals surface area contributed by atoms with Crippen molar-refractivity contribution >= 4 is 35.1 Å². The second-order valence-corrected chi connectivity index (χ2v) is 7.08. The lowest BCUT2D eigenvalue weighted by Gasteiger charge is -2.28. The van der Waals surface area contributed by atoms with Crippen LogP contribution in [0.5, 0.6) is 0 Å². The Balaban J connectivity index is 1.83. The first-order valence-electron chi connectivity index (χ1n) is 7.30. The number of fused-ring (bicyclic) bond motifs is 3. The molecule has 6 heteroatoms. The van der Waals surface area contributed by atoms with Gasteiger partial charge in [0.15, 0.2) is 0 Å². The molecule has 2 aliphatic heterocycles. The summed E-state index contributed by atoms with van der Waals surface area (Å²) >= 11 is 7.92. The number of hydrogen-bond acceptors (Lipinski definition) is 3. The summed E-state index contributed by atoms with van der Waals surface area (Å²) < 4.78 is 0. The van der Waals surface area contributed by atoms with Gasteiger partial charge in [-0.2, -0.15) is 5.10 Å². The highest BCUT2D eigenvalue weighted by Gasteiger charge is 2.43. The van der Waals surface area contributed by atoms with Crippen molar-refractivity contribution in [3.8, 4) is 0 Å². The van der Waals surface area contributed by atoms with Gasteiger partial charge in [-0.15, -0.1) is 11.8 Å². The Morgan fingerprint density at radius 2 is 2.04 bits per heavy atom. The Morgan fingerprint density at radius 3 is 2.78 bits per heavy atom. The Kier molecular flexibility index (Phi) is 3.54. The average molecular weight is 344 g/mol. The molecule has 4 nitrogen and oxygen atoms in total. The van der Waals surface area contributed by atoms with Crippen LogP contribution >= 0.6 is 23.4 Å². The normalized spacial score (nSPS) is 22.3. The number of urea groups is 1. The first-order chi connectivity index (χ1) is 11.1. The highest BCUT2D eigenvalue weighted by Crippen LogP contribution is 2.45. The van der Waals surface area contributed by atoms with Crippen LogP contribution in [0.2, 0.25) is 5.02 Å². The molecule has 2 aliphatic rings. The van der Waals surface area contributed by atoms with Crippen LogP contribution in [0.15, 0.2) is 58.5 Å². The van der Waals surface area contributed by atoms with Crippen molar-refractivity contribution in [1.82, 2.24) is 5.01 Å². The maximum absolute atomic E-state index is 11.9. The maximum atomic E-state index is 11.9. The maximum Gasteiger partial charge on any atom is 0.335 e. The molecule has 4 rings (SSSR count). The number of thioether (sulfide) groups is 1. The van der Waals surface area contributed by atoms with Crippen LogP contribution in [0.1, 0.15) is 17.2 Å². The van der Waals surface area contributed by atoms with E-state index in [1.165, 1.54) is 5.01 Å². The fourth-order valence-electron chi connectivity index (χ4n) is 3.21. The summed E-state index contributed by atoms with van der Waals surface area (Å²) in [6.45, 7) is 0. The lowest BCUT2D eigenvalue weighted by Crippen LogP contribution is -2.35. The molecule has 0 saturated heterocycles. The third-order valence-corrected chi connectivity index (χ3v) is 5.64. The molecule has 2 aromatic carbocycles. The number of carbonyl (C=O) groups is 1. The van der Waals surface area contributed by atoms with E-state index in [1.807, 2.05) is 48.5 Å². The van der Waals surface area contributed by atoms with Gasteiger partial charge in [-0.1, -0.05) is 41.9 Å². The monoisotopic (exact) mass is 343 g/mol. The molecule has 0 bridgehead atoms. The Hall–Kier alpha value is -1.98. The molecule has 23 heavy (non-hydrogen) atoms. The van der Waals surface area contributed by atoms with E-state index in [2.05, 4.69) is 5.10 Å². The van der Waals surface area contributed by atoms with Crippen molar-refractivity contribution < 1.29 is 4.79 Å². The predicted molar refractivity (Wildman–Crippen MR) is 92.8 cm³/mol. The molecular formula is C17H14ClN3OS. The zero-order chi connectivity index (χ0) is 16.0. The number of amides is 2. The number of hydrogen-bond donors (Lipinski definition) is 1. The van der Waals surface area contributed by atoms with Crippen molar-refractivity contribution in [1.29, 1.82) is 0 Å². The number of hydrazone groups is 1. The third-order valence-electron chi connectivity index (χ3n) is 4.21. The Morgan fingerprint density at radius 1 is 1.26 bits per heavy atom. The molecule has 0 radical (unpaired) electrons. The van der Waals surface area contributed by atoms with E-state index in [9.17, 15) is 4.79 Å². The van der Waals surface area contributed by atoms with Gasteiger partial charge in [0, 0.05) is 27.2 Å². The molecule has 0 fully saturated rings. The fraction of sp³-hybridized carbons (Fsp3) is 0.176. The van der Waals surface area contributed by atoms with E-state index in [4.69, 9.17) is 17.3 Å². The topological polar surface area (TPSA) is 58.7 Å². The van der Waals surface area contributed by atoms with E-state index < -0.39 is 6.03 Å². The molecular weight excluding hydrogens is 330 g/mol. The number of rotatable bonds is 1. The predicted octanol–water partition coefficient (Wildman–Crippen LogP) is 3.90. The van der Waals surface area contributed by atoms with Crippen LogP contribution in [0.25, 0.3) is 0 Å². The second-order valence-electron chi connectivity index (χ2n) is 5.58. The summed E-state index contributed by atoms with van der Waals surface area (Å²) in [4.78, 5) is 13.1. The van der Waals surface area contributed by atoms with Gasteiger partial charge in [0.05, 0.1) is 11.8 Å². The van der Waals surface area contributed by atoms with E-state index in [0.717, 1.165) is 27.5 Å². The molecule has 0 saturated carbocycles. The number of carbonyl (C=O) groups excluding carboxylic acids is 1. The highest BCUT2D eigenvalue weighted by atomic mass is 35.5. The third kappa shape index (κ3) is 2.40. The molecule has 0 aromatic heterocycles. The summed E-state index contributed by atoms with van der Waals surface area (Å²) in [5.74, 6) is 0.970. The molecule has 2 N–H and O–H groups in total. The summed E-state index contributed by atoms with van der Waals surface area (Å²) in [6.07, 6.45) is 0. The molecule has 2 atom stereocenters. The van der Waals surface area contributed by atoms with Gasteiger partial charge in [0.25, 0.3) is 0 Å². The van der Waals surface area contributed by atoms with E-state index in [0.29, 0.717) is 5.02 Å². The first kappa shape index (κ1) is 14.6. The van der Waals surface area contributed by atoms with Gasteiger partial charge in [0.2, 0.25) is 0 Å². The molecule has 2 aromatic rings. The van der Waals surface area contributed by atoms with Crippen LogP contribution in [0, 0.1) is 5.92 Å². The van der Waals surface area contributed by atoms with Crippen molar-refractivity contribution in [2.24, 2.45) is 16.8 Å². The summed E-state index contributed by atoms with van der Waals surface area (Å²) in [6, 6.07) is 15.0. The largest absolute Gasteiger partial charge is 0.350 e.